The Balaban J connectivity index is 1.87. The van der Waals surface area contributed by atoms with Crippen molar-refractivity contribution in [2.75, 3.05) is 44.1 Å². The molecule has 1 saturated heterocycles. The number of methoxy groups -OCH3 is 2. The van der Waals surface area contributed by atoms with E-state index in [0.717, 1.165) is 5.56 Å². The Morgan fingerprint density at radius 1 is 1.00 bits per heavy atom. The van der Waals surface area contributed by atoms with Gasteiger partial charge in [-0.3, -0.25) is 9.69 Å². The molecular weight excluding hydrogens is 380 g/mol. The molecule has 0 aliphatic carbocycles. The molecule has 0 radical (unpaired) electrons. The van der Waals surface area contributed by atoms with Crippen LogP contribution >= 0.6 is 0 Å². The Bertz CT molecular complexity index is 895. The summed E-state index contributed by atoms with van der Waals surface area (Å²) in [6.07, 6.45) is 0. The van der Waals surface area contributed by atoms with Crippen LogP contribution in [0.1, 0.15) is 11.6 Å². The summed E-state index contributed by atoms with van der Waals surface area (Å²) >= 11 is 0. The Kier molecular flexibility index (Phi) is 6.21. The number of carbonyl (C=O) groups is 1. The highest BCUT2D eigenvalue weighted by Gasteiger charge is 2.32. The van der Waals surface area contributed by atoms with Gasteiger partial charge in [-0.05, 0) is 5.56 Å². The molecule has 150 valence electrons. The van der Waals surface area contributed by atoms with Gasteiger partial charge >= 0.3 is 0 Å². The molecule has 7 nitrogen and oxygen atoms in total. The average Bonchev–Trinajstić information content (AvgIpc) is 2.70. The molecule has 0 saturated carbocycles. The van der Waals surface area contributed by atoms with E-state index in [1.807, 2.05) is 35.2 Å². The minimum Gasteiger partial charge on any atom is -0.497 e. The monoisotopic (exact) mass is 404 g/mol. The van der Waals surface area contributed by atoms with Gasteiger partial charge in [-0.2, -0.15) is 0 Å². The van der Waals surface area contributed by atoms with Gasteiger partial charge < -0.3 is 14.8 Å². The molecule has 2 aromatic rings. The average molecular weight is 404 g/mol. The molecule has 1 unspecified atom stereocenters. The summed E-state index contributed by atoms with van der Waals surface area (Å²) < 4.78 is 34.1. The summed E-state index contributed by atoms with van der Waals surface area (Å²) in [5.41, 5.74) is 1.36. The molecule has 1 aliphatic heterocycles. The molecular formula is C20H24N2O5S. The number of nitrogens with one attached hydrogen (secondary N) is 1. The molecule has 1 aliphatic rings. The van der Waals surface area contributed by atoms with E-state index in [1.165, 1.54) is 0 Å². The van der Waals surface area contributed by atoms with Gasteiger partial charge in [0.25, 0.3) is 0 Å². The van der Waals surface area contributed by atoms with Crippen LogP contribution in [0.2, 0.25) is 0 Å². The lowest BCUT2D eigenvalue weighted by atomic mass is 10.0. The minimum atomic E-state index is -3.04. The molecule has 1 N–H and O–H groups in total. The maximum Gasteiger partial charge on any atom is 0.246 e. The number of ether oxygens (including phenoxy) is 2. The van der Waals surface area contributed by atoms with Crippen LogP contribution in [0.3, 0.4) is 0 Å². The van der Waals surface area contributed by atoms with Crippen molar-refractivity contribution in [3.05, 3.63) is 54.1 Å². The van der Waals surface area contributed by atoms with Crippen molar-refractivity contribution in [3.63, 3.8) is 0 Å². The summed E-state index contributed by atoms with van der Waals surface area (Å²) in [5.74, 6) is 0.999. The van der Waals surface area contributed by atoms with Crippen LogP contribution in [-0.2, 0) is 14.6 Å². The Morgan fingerprint density at radius 3 is 2.11 bits per heavy atom. The van der Waals surface area contributed by atoms with E-state index in [1.54, 1.807) is 32.4 Å². The van der Waals surface area contributed by atoms with Crippen molar-refractivity contribution >= 4 is 21.4 Å². The number of benzene rings is 2. The number of sulfone groups is 1. The quantitative estimate of drug-likeness (QED) is 0.794. The number of hydrogen-bond acceptors (Lipinski definition) is 6. The second-order valence-corrected chi connectivity index (χ2v) is 8.90. The molecule has 1 fully saturated rings. The van der Waals surface area contributed by atoms with Crippen molar-refractivity contribution in [2.24, 2.45) is 0 Å². The highest BCUT2D eigenvalue weighted by Crippen LogP contribution is 2.29. The number of rotatable bonds is 6. The molecule has 0 spiro atoms. The van der Waals surface area contributed by atoms with Gasteiger partial charge in [-0.15, -0.1) is 0 Å². The van der Waals surface area contributed by atoms with E-state index in [9.17, 15) is 13.2 Å². The second kappa shape index (κ2) is 8.62. The number of anilines is 1. The predicted octanol–water partition coefficient (Wildman–Crippen LogP) is 2.11. The number of carbonyl (C=O) groups excluding carboxylic acids is 1. The molecule has 0 bridgehead atoms. The summed E-state index contributed by atoms with van der Waals surface area (Å²) in [6, 6.07) is 13.9. The third-order valence-electron chi connectivity index (χ3n) is 4.73. The minimum absolute atomic E-state index is 0.0522. The normalized spacial score (nSPS) is 17.5. The zero-order valence-corrected chi connectivity index (χ0v) is 16.7. The number of hydrogen-bond donors (Lipinski definition) is 1. The molecule has 0 aromatic heterocycles. The first-order chi connectivity index (χ1) is 13.4. The fraction of sp³-hybridized carbons (Fsp3) is 0.350. The first-order valence-corrected chi connectivity index (χ1v) is 10.8. The van der Waals surface area contributed by atoms with E-state index in [-0.39, 0.29) is 17.4 Å². The highest BCUT2D eigenvalue weighted by molar-refractivity contribution is 7.91. The van der Waals surface area contributed by atoms with Crippen molar-refractivity contribution in [1.29, 1.82) is 0 Å². The van der Waals surface area contributed by atoms with E-state index < -0.39 is 15.9 Å². The summed E-state index contributed by atoms with van der Waals surface area (Å²) in [5, 5.41) is 2.92. The maximum atomic E-state index is 13.2. The third kappa shape index (κ3) is 4.82. The zero-order chi connectivity index (χ0) is 20.1. The number of amides is 1. The third-order valence-corrected chi connectivity index (χ3v) is 6.34. The van der Waals surface area contributed by atoms with Gasteiger partial charge in [0.1, 0.15) is 17.5 Å². The van der Waals surface area contributed by atoms with Gasteiger partial charge in [-0.25, -0.2) is 8.42 Å². The van der Waals surface area contributed by atoms with Crippen molar-refractivity contribution in [3.8, 4) is 11.5 Å². The van der Waals surface area contributed by atoms with Crippen LogP contribution in [-0.4, -0.2) is 58.0 Å². The van der Waals surface area contributed by atoms with Gasteiger partial charge in [-0.1, -0.05) is 30.3 Å². The largest absolute Gasteiger partial charge is 0.497 e. The van der Waals surface area contributed by atoms with Gasteiger partial charge in [0.2, 0.25) is 5.91 Å². The topological polar surface area (TPSA) is 84.9 Å². The predicted molar refractivity (Wildman–Crippen MR) is 108 cm³/mol. The molecule has 8 heteroatoms. The smallest absolute Gasteiger partial charge is 0.246 e. The van der Waals surface area contributed by atoms with Crippen molar-refractivity contribution < 1.29 is 22.7 Å². The molecule has 28 heavy (non-hydrogen) atoms. The SMILES string of the molecule is COc1cc(NC(=O)C(c2ccccc2)N2CCS(=O)(=O)CC2)cc(OC)c1. The van der Waals surface area contributed by atoms with Crippen molar-refractivity contribution in [2.45, 2.75) is 6.04 Å². The first-order valence-electron chi connectivity index (χ1n) is 8.95. The van der Waals surface area contributed by atoms with E-state index in [0.29, 0.717) is 30.3 Å². The molecule has 1 amide bonds. The summed E-state index contributed by atoms with van der Waals surface area (Å²) in [4.78, 5) is 15.1. The highest BCUT2D eigenvalue weighted by atomic mass is 32.2. The second-order valence-electron chi connectivity index (χ2n) is 6.59. The molecule has 2 aromatic carbocycles. The van der Waals surface area contributed by atoms with Crippen LogP contribution in [0.15, 0.2) is 48.5 Å². The van der Waals surface area contributed by atoms with Gasteiger partial charge in [0, 0.05) is 37.0 Å². The fourth-order valence-electron chi connectivity index (χ4n) is 3.24. The van der Waals surface area contributed by atoms with Gasteiger partial charge in [0.05, 0.1) is 25.7 Å². The summed E-state index contributed by atoms with van der Waals surface area (Å²) in [7, 11) is 0.0455. The number of nitrogens with zero attached hydrogens (tertiary/aromatic N) is 1. The first kappa shape index (κ1) is 20.2. The van der Waals surface area contributed by atoms with E-state index in [2.05, 4.69) is 5.32 Å². The Hall–Kier alpha value is -2.58. The van der Waals surface area contributed by atoms with Crippen LogP contribution in [0, 0.1) is 0 Å². The molecule has 1 atom stereocenters. The van der Waals surface area contributed by atoms with Crippen LogP contribution in [0.5, 0.6) is 11.5 Å². The van der Waals surface area contributed by atoms with E-state index >= 15 is 0 Å². The zero-order valence-electron chi connectivity index (χ0n) is 15.9. The standard InChI is InChI=1S/C20H24N2O5S/c1-26-17-12-16(13-18(14-17)27-2)21-20(23)19(15-6-4-3-5-7-15)22-8-10-28(24,25)11-9-22/h3-7,12-14,19H,8-11H2,1-2H3,(H,21,23). The summed E-state index contributed by atoms with van der Waals surface area (Å²) in [6.45, 7) is 0.632. The van der Waals surface area contributed by atoms with E-state index in [4.69, 9.17) is 9.47 Å². The lowest BCUT2D eigenvalue weighted by Crippen LogP contribution is -2.46. The molecule has 1 heterocycles. The lowest BCUT2D eigenvalue weighted by Gasteiger charge is -2.33. The fourth-order valence-corrected chi connectivity index (χ4v) is 4.47. The Morgan fingerprint density at radius 2 is 1.57 bits per heavy atom. The van der Waals surface area contributed by atoms with Crippen LogP contribution in [0.25, 0.3) is 0 Å². The van der Waals surface area contributed by atoms with Crippen LogP contribution in [0.4, 0.5) is 5.69 Å². The van der Waals surface area contributed by atoms with Crippen molar-refractivity contribution in [1.82, 2.24) is 4.90 Å². The van der Waals surface area contributed by atoms with Gasteiger partial charge in [0.15, 0.2) is 9.84 Å². The van der Waals surface area contributed by atoms with Crippen LogP contribution < -0.4 is 14.8 Å². The Labute approximate surface area is 165 Å². The lowest BCUT2D eigenvalue weighted by molar-refractivity contribution is -0.121. The molecule has 3 rings (SSSR count). The maximum absolute atomic E-state index is 13.2.